The van der Waals surface area contributed by atoms with Crippen LogP contribution in [-0.4, -0.2) is 27.2 Å². The number of aromatic nitrogens is 3. The number of hydrogen-bond donors (Lipinski definition) is 2. The van der Waals surface area contributed by atoms with E-state index in [1.165, 1.54) is 0 Å². The largest absolute Gasteiger partial charge is 0.352 e. The molecule has 0 spiro atoms. The number of rotatable bonds is 5. The summed E-state index contributed by atoms with van der Waals surface area (Å²) in [7, 11) is 0. The third-order valence-corrected chi connectivity index (χ3v) is 2.97. The monoisotopic (exact) mass is 274 g/mol. The minimum Gasteiger partial charge on any atom is -0.352 e. The number of hydrogen-bond acceptors (Lipinski definition) is 3. The van der Waals surface area contributed by atoms with Crippen molar-refractivity contribution >= 4 is 5.91 Å². The molecule has 0 bridgehead atoms. The number of amides is 1. The lowest BCUT2D eigenvalue weighted by Gasteiger charge is -2.12. The Kier molecular flexibility index (Phi) is 4.34. The van der Waals surface area contributed by atoms with Gasteiger partial charge in [-0.3, -0.25) is 14.3 Å². The van der Waals surface area contributed by atoms with Crippen molar-refractivity contribution < 1.29 is 4.79 Å². The molecular formula is C14H18N4O2. The Balaban J connectivity index is 1.90. The first-order valence-electron chi connectivity index (χ1n) is 6.52. The van der Waals surface area contributed by atoms with Crippen LogP contribution in [0.25, 0.3) is 0 Å². The maximum absolute atomic E-state index is 11.9. The molecule has 1 amide bonds. The van der Waals surface area contributed by atoms with Crippen molar-refractivity contribution in [1.29, 1.82) is 0 Å². The van der Waals surface area contributed by atoms with E-state index in [0.29, 0.717) is 6.54 Å². The van der Waals surface area contributed by atoms with Crippen molar-refractivity contribution in [3.05, 3.63) is 52.2 Å². The second-order valence-corrected chi connectivity index (χ2v) is 4.93. The quantitative estimate of drug-likeness (QED) is 0.851. The summed E-state index contributed by atoms with van der Waals surface area (Å²) in [5, 5.41) is 6.89. The zero-order valence-corrected chi connectivity index (χ0v) is 11.6. The molecular weight excluding hydrogens is 256 g/mol. The summed E-state index contributed by atoms with van der Waals surface area (Å²) in [5.41, 5.74) is 0.516. The number of aryl methyl sites for hydroxylation is 1. The topological polar surface area (TPSA) is 79.8 Å². The second-order valence-electron chi connectivity index (χ2n) is 4.93. The number of pyridine rings is 1. The van der Waals surface area contributed by atoms with Crippen molar-refractivity contribution in [3.63, 3.8) is 0 Å². The van der Waals surface area contributed by atoms with Gasteiger partial charge in [0.25, 0.3) is 11.5 Å². The van der Waals surface area contributed by atoms with Crippen molar-refractivity contribution in [2.45, 2.75) is 20.4 Å². The van der Waals surface area contributed by atoms with Crippen molar-refractivity contribution in [3.8, 4) is 0 Å². The fourth-order valence-corrected chi connectivity index (χ4v) is 1.91. The molecule has 0 aromatic carbocycles. The number of carbonyl (C=O) groups is 1. The average molecular weight is 274 g/mol. The summed E-state index contributed by atoms with van der Waals surface area (Å²) < 4.78 is 1.81. The van der Waals surface area contributed by atoms with Gasteiger partial charge in [-0.15, -0.1) is 0 Å². The van der Waals surface area contributed by atoms with Gasteiger partial charge < -0.3 is 10.3 Å². The summed E-state index contributed by atoms with van der Waals surface area (Å²) in [6.07, 6.45) is 3.60. The Morgan fingerprint density at radius 3 is 2.95 bits per heavy atom. The maximum Gasteiger partial charge on any atom is 0.260 e. The van der Waals surface area contributed by atoms with Crippen LogP contribution in [0.5, 0.6) is 0 Å². The van der Waals surface area contributed by atoms with Crippen LogP contribution in [-0.2, 0) is 6.54 Å². The number of nitrogens with zero attached hydrogens (tertiary/aromatic N) is 2. The summed E-state index contributed by atoms with van der Waals surface area (Å²) >= 11 is 0. The number of H-pyrrole nitrogens is 1. The van der Waals surface area contributed by atoms with Crippen molar-refractivity contribution in [2.24, 2.45) is 5.92 Å². The highest BCUT2D eigenvalue weighted by Gasteiger charge is 2.11. The van der Waals surface area contributed by atoms with Crippen molar-refractivity contribution in [1.82, 2.24) is 20.1 Å². The second kappa shape index (κ2) is 6.18. The third kappa shape index (κ3) is 3.57. The molecule has 6 nitrogen and oxygen atoms in total. The summed E-state index contributed by atoms with van der Waals surface area (Å²) in [6, 6.07) is 5.11. The number of aromatic amines is 1. The predicted molar refractivity (Wildman–Crippen MR) is 75.5 cm³/mol. The fourth-order valence-electron chi connectivity index (χ4n) is 1.91. The van der Waals surface area contributed by atoms with Gasteiger partial charge in [0.2, 0.25) is 0 Å². The first kappa shape index (κ1) is 14.0. The predicted octanol–water partition coefficient (Wildman–Crippen LogP) is 0.946. The molecule has 20 heavy (non-hydrogen) atoms. The van der Waals surface area contributed by atoms with Crippen LogP contribution in [0.1, 0.15) is 23.0 Å². The van der Waals surface area contributed by atoms with Gasteiger partial charge in [0.05, 0.1) is 0 Å². The Hall–Kier alpha value is -2.37. The molecule has 0 aliphatic rings. The normalized spacial score (nSPS) is 12.1. The van der Waals surface area contributed by atoms with Crippen LogP contribution >= 0.6 is 0 Å². The van der Waals surface area contributed by atoms with E-state index in [9.17, 15) is 9.59 Å². The van der Waals surface area contributed by atoms with Gasteiger partial charge in [-0.2, -0.15) is 5.10 Å². The van der Waals surface area contributed by atoms with Crippen molar-refractivity contribution in [2.75, 3.05) is 6.54 Å². The van der Waals surface area contributed by atoms with Gasteiger partial charge in [0, 0.05) is 31.2 Å². The van der Waals surface area contributed by atoms with E-state index in [-0.39, 0.29) is 22.9 Å². The average Bonchev–Trinajstić information content (AvgIpc) is 2.89. The first-order chi connectivity index (χ1) is 9.56. The van der Waals surface area contributed by atoms with Crippen LogP contribution in [0.15, 0.2) is 35.4 Å². The fraction of sp³-hybridized carbons (Fsp3) is 0.357. The lowest BCUT2D eigenvalue weighted by atomic mass is 10.1. The highest BCUT2D eigenvalue weighted by atomic mass is 16.2. The summed E-state index contributed by atoms with van der Waals surface area (Å²) in [4.78, 5) is 26.2. The molecule has 1 atom stereocenters. The van der Waals surface area contributed by atoms with Crippen LogP contribution in [0.3, 0.4) is 0 Å². The molecule has 2 aromatic heterocycles. The van der Waals surface area contributed by atoms with Crippen LogP contribution in [0, 0.1) is 12.8 Å². The van der Waals surface area contributed by atoms with Gasteiger partial charge in [-0.1, -0.05) is 6.92 Å². The molecule has 0 saturated heterocycles. The van der Waals surface area contributed by atoms with Gasteiger partial charge in [-0.25, -0.2) is 0 Å². The molecule has 0 aliphatic carbocycles. The summed E-state index contributed by atoms with van der Waals surface area (Å²) in [6.45, 7) is 5.00. The van der Waals surface area contributed by atoms with E-state index >= 15 is 0 Å². The molecule has 2 aromatic rings. The Labute approximate surface area is 116 Å². The Morgan fingerprint density at radius 1 is 1.50 bits per heavy atom. The molecule has 0 aliphatic heterocycles. The van der Waals surface area contributed by atoms with Gasteiger partial charge in [-0.05, 0) is 31.0 Å². The summed E-state index contributed by atoms with van der Waals surface area (Å²) in [5.74, 6) is -0.123. The molecule has 2 rings (SSSR count). The van der Waals surface area contributed by atoms with Gasteiger partial charge in [0.1, 0.15) is 5.56 Å². The lowest BCUT2D eigenvalue weighted by Crippen LogP contribution is -2.33. The SMILES string of the molecule is Cc1ccc(C(=O)NC[C@@H](C)Cn2cccn2)c(=O)[nH]1. The number of nitrogens with one attached hydrogen (secondary N) is 2. The smallest absolute Gasteiger partial charge is 0.260 e. The Bertz CT molecular complexity index is 631. The molecule has 6 heteroatoms. The zero-order valence-electron chi connectivity index (χ0n) is 11.6. The van der Waals surface area contributed by atoms with Gasteiger partial charge in [0.15, 0.2) is 0 Å². The van der Waals surface area contributed by atoms with Crippen LogP contribution in [0.2, 0.25) is 0 Å². The molecule has 106 valence electrons. The van der Waals surface area contributed by atoms with Crippen LogP contribution < -0.4 is 10.9 Å². The molecule has 0 fully saturated rings. The minimum atomic E-state index is -0.359. The molecule has 2 N–H and O–H groups in total. The van der Waals surface area contributed by atoms with Crippen LogP contribution in [0.4, 0.5) is 0 Å². The molecule has 0 unspecified atom stereocenters. The van der Waals surface area contributed by atoms with E-state index in [0.717, 1.165) is 12.2 Å². The number of carbonyl (C=O) groups excluding carboxylic acids is 1. The van der Waals surface area contributed by atoms with E-state index in [1.807, 2.05) is 23.9 Å². The Morgan fingerprint density at radius 2 is 2.30 bits per heavy atom. The van der Waals surface area contributed by atoms with E-state index in [2.05, 4.69) is 15.4 Å². The molecule has 2 heterocycles. The highest BCUT2D eigenvalue weighted by molar-refractivity contribution is 5.93. The lowest BCUT2D eigenvalue weighted by molar-refractivity contribution is 0.0945. The van der Waals surface area contributed by atoms with Gasteiger partial charge >= 0.3 is 0 Å². The molecule has 0 saturated carbocycles. The first-order valence-corrected chi connectivity index (χ1v) is 6.52. The third-order valence-electron chi connectivity index (χ3n) is 2.97. The zero-order chi connectivity index (χ0) is 14.5. The van der Waals surface area contributed by atoms with E-state index in [1.54, 1.807) is 25.3 Å². The minimum absolute atomic E-state index is 0.141. The standard InChI is InChI=1S/C14H18N4O2/c1-10(9-18-7-3-6-16-18)8-15-13(19)12-5-4-11(2)17-14(12)20/h3-7,10H,8-9H2,1-2H3,(H,15,19)(H,17,20)/t10-/m1/s1. The molecule has 0 radical (unpaired) electrons. The highest BCUT2D eigenvalue weighted by Crippen LogP contribution is 1.99. The van der Waals surface area contributed by atoms with E-state index in [4.69, 9.17) is 0 Å². The maximum atomic E-state index is 11.9. The van der Waals surface area contributed by atoms with E-state index < -0.39 is 0 Å².